The van der Waals surface area contributed by atoms with E-state index in [1.165, 1.54) is 6.07 Å². The number of nitrogens with zero attached hydrogens (tertiary/aromatic N) is 2. The molecular formula is C15H17ClF3N3OS. The zero-order valence-electron chi connectivity index (χ0n) is 13.1. The molecular weight excluding hydrogens is 363 g/mol. The van der Waals surface area contributed by atoms with Crippen molar-refractivity contribution in [3.8, 4) is 0 Å². The van der Waals surface area contributed by atoms with Crippen LogP contribution in [0.25, 0.3) is 10.2 Å². The number of nitrogens with one attached hydrogen (secondary N) is 1. The molecule has 1 unspecified atom stereocenters. The fourth-order valence-corrected chi connectivity index (χ4v) is 3.87. The third kappa shape index (κ3) is 3.50. The van der Waals surface area contributed by atoms with Gasteiger partial charge in [-0.1, -0.05) is 0 Å². The van der Waals surface area contributed by atoms with Crippen molar-refractivity contribution in [3.05, 3.63) is 28.3 Å². The van der Waals surface area contributed by atoms with Gasteiger partial charge in [0.05, 0.1) is 4.88 Å². The first-order valence-electron chi connectivity index (χ1n) is 7.27. The number of halogens is 4. The van der Waals surface area contributed by atoms with Crippen molar-refractivity contribution in [1.29, 1.82) is 0 Å². The Morgan fingerprint density at radius 2 is 2.12 bits per heavy atom. The smallest absolute Gasteiger partial charge is 0.335 e. The van der Waals surface area contributed by atoms with E-state index in [4.69, 9.17) is 0 Å². The summed E-state index contributed by atoms with van der Waals surface area (Å²) in [6, 6.07) is 2.56. The second-order valence-electron chi connectivity index (χ2n) is 5.71. The summed E-state index contributed by atoms with van der Waals surface area (Å²) in [5, 5.41) is 3.86. The minimum Gasteiger partial charge on any atom is -0.335 e. The van der Waals surface area contributed by atoms with E-state index in [9.17, 15) is 18.0 Å². The van der Waals surface area contributed by atoms with Gasteiger partial charge in [-0.2, -0.15) is 13.2 Å². The first-order chi connectivity index (χ1) is 10.8. The van der Waals surface area contributed by atoms with Gasteiger partial charge < -0.3 is 10.2 Å². The van der Waals surface area contributed by atoms with Gasteiger partial charge in [-0.3, -0.25) is 4.79 Å². The van der Waals surface area contributed by atoms with Crippen molar-refractivity contribution in [3.63, 3.8) is 0 Å². The molecule has 1 saturated heterocycles. The summed E-state index contributed by atoms with van der Waals surface area (Å²) < 4.78 is 38.3. The second-order valence-corrected chi connectivity index (χ2v) is 6.71. The van der Waals surface area contributed by atoms with E-state index >= 15 is 0 Å². The van der Waals surface area contributed by atoms with Gasteiger partial charge in [-0.15, -0.1) is 23.7 Å². The van der Waals surface area contributed by atoms with Crippen LogP contribution in [0, 0.1) is 6.92 Å². The van der Waals surface area contributed by atoms with Crippen LogP contribution in [-0.4, -0.2) is 41.5 Å². The number of fused-ring (bicyclic) bond motifs is 1. The van der Waals surface area contributed by atoms with Crippen LogP contribution in [0.2, 0.25) is 0 Å². The van der Waals surface area contributed by atoms with Crippen LogP contribution in [-0.2, 0) is 6.18 Å². The number of aryl methyl sites for hydroxylation is 1. The van der Waals surface area contributed by atoms with E-state index in [-0.39, 0.29) is 29.2 Å². The highest BCUT2D eigenvalue weighted by Gasteiger charge is 2.33. The Morgan fingerprint density at radius 3 is 2.75 bits per heavy atom. The highest BCUT2D eigenvalue weighted by Crippen LogP contribution is 2.34. The standard InChI is InChI=1S/C15H16F3N3OS.ClH/c1-8-7-21(6-5-19-8)14(22)12-9(2)10-3-4-11(15(16,17)18)20-13(10)23-12;/h3-4,8,19H,5-7H2,1-2H3;1H. The number of pyridine rings is 1. The minimum atomic E-state index is -4.48. The molecule has 1 aliphatic heterocycles. The molecule has 2 aromatic rings. The van der Waals surface area contributed by atoms with Crippen LogP contribution in [0.15, 0.2) is 12.1 Å². The lowest BCUT2D eigenvalue weighted by atomic mass is 10.1. The Balaban J connectivity index is 0.00000208. The molecule has 3 rings (SSSR count). The van der Waals surface area contributed by atoms with Crippen LogP contribution < -0.4 is 5.32 Å². The van der Waals surface area contributed by atoms with Crippen molar-refractivity contribution in [2.24, 2.45) is 0 Å². The normalized spacial score (nSPS) is 18.5. The summed E-state index contributed by atoms with van der Waals surface area (Å²) in [6.45, 7) is 5.65. The maximum Gasteiger partial charge on any atom is 0.433 e. The van der Waals surface area contributed by atoms with Crippen molar-refractivity contribution in [1.82, 2.24) is 15.2 Å². The number of hydrogen-bond acceptors (Lipinski definition) is 4. The Morgan fingerprint density at radius 1 is 1.42 bits per heavy atom. The van der Waals surface area contributed by atoms with Gasteiger partial charge in [0, 0.05) is 31.1 Å². The Bertz CT molecular complexity index is 762. The SMILES string of the molecule is Cc1c(C(=O)N2CCNC(C)C2)sc2nc(C(F)(F)F)ccc12.Cl. The third-order valence-electron chi connectivity index (χ3n) is 3.94. The molecule has 9 heteroatoms. The van der Waals surface area contributed by atoms with Gasteiger partial charge in [0.15, 0.2) is 0 Å². The van der Waals surface area contributed by atoms with Crippen LogP contribution in [0.5, 0.6) is 0 Å². The first kappa shape index (κ1) is 19.0. The van der Waals surface area contributed by atoms with Crippen molar-refractivity contribution in [2.45, 2.75) is 26.1 Å². The number of hydrogen-bond donors (Lipinski definition) is 1. The number of thiophene rings is 1. The third-order valence-corrected chi connectivity index (χ3v) is 5.13. The molecule has 4 nitrogen and oxygen atoms in total. The number of carbonyl (C=O) groups excluding carboxylic acids is 1. The maximum absolute atomic E-state index is 12.8. The molecule has 1 aliphatic rings. The number of piperazine rings is 1. The molecule has 0 saturated carbocycles. The van der Waals surface area contributed by atoms with Gasteiger partial charge in [0.2, 0.25) is 0 Å². The van der Waals surface area contributed by atoms with E-state index in [2.05, 4.69) is 10.3 Å². The largest absolute Gasteiger partial charge is 0.433 e. The van der Waals surface area contributed by atoms with Crippen LogP contribution in [0.3, 0.4) is 0 Å². The zero-order valence-corrected chi connectivity index (χ0v) is 14.7. The lowest BCUT2D eigenvalue weighted by Crippen LogP contribution is -2.51. The van der Waals surface area contributed by atoms with E-state index in [0.29, 0.717) is 35.5 Å². The average Bonchev–Trinajstić information content (AvgIpc) is 2.82. The lowest BCUT2D eigenvalue weighted by Gasteiger charge is -2.31. The molecule has 0 spiro atoms. The average molecular weight is 380 g/mol. The Hall–Kier alpha value is -1.38. The number of aromatic nitrogens is 1. The molecule has 0 bridgehead atoms. The molecule has 24 heavy (non-hydrogen) atoms. The van der Waals surface area contributed by atoms with E-state index < -0.39 is 11.9 Å². The number of carbonyl (C=O) groups is 1. The fraction of sp³-hybridized carbons (Fsp3) is 0.467. The number of rotatable bonds is 1. The predicted octanol–water partition coefficient (Wildman–Crippen LogP) is 3.48. The van der Waals surface area contributed by atoms with Gasteiger partial charge in [0.25, 0.3) is 5.91 Å². The summed E-state index contributed by atoms with van der Waals surface area (Å²) in [5.41, 5.74) is -0.233. The second kappa shape index (κ2) is 6.85. The number of amides is 1. The molecule has 1 fully saturated rings. The van der Waals surface area contributed by atoms with Gasteiger partial charge >= 0.3 is 6.18 Å². The summed E-state index contributed by atoms with van der Waals surface area (Å²) in [4.78, 5) is 18.8. The van der Waals surface area contributed by atoms with Crippen LogP contribution >= 0.6 is 23.7 Å². The fourth-order valence-electron chi connectivity index (χ4n) is 2.72. The topological polar surface area (TPSA) is 45.2 Å². The van der Waals surface area contributed by atoms with Gasteiger partial charge in [-0.25, -0.2) is 4.98 Å². The monoisotopic (exact) mass is 379 g/mol. The van der Waals surface area contributed by atoms with Crippen LogP contribution in [0.1, 0.15) is 27.9 Å². The Labute approximate surface area is 147 Å². The molecule has 3 heterocycles. The number of alkyl halides is 3. The lowest BCUT2D eigenvalue weighted by molar-refractivity contribution is -0.140. The van der Waals surface area contributed by atoms with Crippen molar-refractivity contribution in [2.75, 3.05) is 19.6 Å². The summed E-state index contributed by atoms with van der Waals surface area (Å²) >= 11 is 1.03. The first-order valence-corrected chi connectivity index (χ1v) is 8.09. The molecule has 132 valence electrons. The highest BCUT2D eigenvalue weighted by atomic mass is 35.5. The Kier molecular flexibility index (Phi) is 5.41. The highest BCUT2D eigenvalue weighted by molar-refractivity contribution is 7.20. The van der Waals surface area contributed by atoms with E-state index in [1.54, 1.807) is 11.8 Å². The molecule has 2 aromatic heterocycles. The molecule has 0 aliphatic carbocycles. The van der Waals surface area contributed by atoms with Gasteiger partial charge in [0.1, 0.15) is 10.5 Å². The molecule has 0 radical (unpaired) electrons. The molecule has 1 N–H and O–H groups in total. The summed E-state index contributed by atoms with van der Waals surface area (Å²) in [6.07, 6.45) is -4.48. The molecule has 1 atom stereocenters. The van der Waals surface area contributed by atoms with Gasteiger partial charge in [-0.05, 0) is 31.5 Å². The van der Waals surface area contributed by atoms with Crippen molar-refractivity contribution >= 4 is 39.9 Å². The zero-order chi connectivity index (χ0) is 16.8. The summed E-state index contributed by atoms with van der Waals surface area (Å²) in [5.74, 6) is -0.132. The maximum atomic E-state index is 12.8. The summed E-state index contributed by atoms with van der Waals surface area (Å²) in [7, 11) is 0. The quantitative estimate of drug-likeness (QED) is 0.825. The molecule has 0 aromatic carbocycles. The van der Waals surface area contributed by atoms with E-state index in [0.717, 1.165) is 17.4 Å². The van der Waals surface area contributed by atoms with Crippen LogP contribution in [0.4, 0.5) is 13.2 Å². The predicted molar refractivity (Wildman–Crippen MR) is 90.0 cm³/mol. The van der Waals surface area contributed by atoms with E-state index in [1.807, 2.05) is 6.92 Å². The molecule has 1 amide bonds. The van der Waals surface area contributed by atoms with Crippen molar-refractivity contribution < 1.29 is 18.0 Å². The minimum absolute atomic E-state index is 0.